The van der Waals surface area contributed by atoms with Crippen molar-refractivity contribution in [1.82, 2.24) is 29.5 Å². The molecule has 2 aliphatic rings. The van der Waals surface area contributed by atoms with Crippen molar-refractivity contribution in [2.24, 2.45) is 0 Å². The lowest BCUT2D eigenvalue weighted by atomic mass is 10.0. The third-order valence-electron chi connectivity index (χ3n) is 5.72. The minimum Gasteiger partial charge on any atom is -0.337 e. The number of piperidine rings is 1. The summed E-state index contributed by atoms with van der Waals surface area (Å²) in [6.07, 6.45) is 4.86. The highest BCUT2D eigenvalue weighted by Crippen LogP contribution is 2.23. The lowest BCUT2D eigenvalue weighted by Gasteiger charge is -2.37. The van der Waals surface area contributed by atoms with Gasteiger partial charge in [0, 0.05) is 51.5 Å². The average molecular weight is 383 g/mol. The zero-order valence-electron chi connectivity index (χ0n) is 16.9. The summed E-state index contributed by atoms with van der Waals surface area (Å²) in [4.78, 5) is 23.5. The molecule has 1 amide bonds. The molecule has 0 unspecified atom stereocenters. The van der Waals surface area contributed by atoms with Crippen LogP contribution in [0.15, 0.2) is 30.5 Å². The fraction of sp³-hybridized carbons (Fsp3) is 0.571. The van der Waals surface area contributed by atoms with Gasteiger partial charge in [0.2, 0.25) is 0 Å². The Bertz CT molecular complexity index is 794. The molecular weight excluding hydrogens is 352 g/mol. The number of aromatic nitrogens is 3. The first-order valence-corrected chi connectivity index (χ1v) is 10.2. The molecule has 7 nitrogen and oxygen atoms in total. The minimum absolute atomic E-state index is 0.0568. The molecule has 0 bridgehead atoms. The number of hydrogen-bond acceptors (Lipinski definition) is 5. The van der Waals surface area contributed by atoms with Crippen LogP contribution in [0.4, 0.5) is 0 Å². The van der Waals surface area contributed by atoms with Gasteiger partial charge >= 0.3 is 0 Å². The van der Waals surface area contributed by atoms with Crippen molar-refractivity contribution in [3.05, 3.63) is 47.5 Å². The second-order valence-corrected chi connectivity index (χ2v) is 8.15. The van der Waals surface area contributed by atoms with Crippen LogP contribution >= 0.6 is 0 Å². The molecule has 2 aromatic heterocycles. The number of hydrogen-bond donors (Lipinski definition) is 0. The molecule has 1 saturated heterocycles. The number of pyridine rings is 1. The van der Waals surface area contributed by atoms with Gasteiger partial charge in [0.1, 0.15) is 5.69 Å². The minimum atomic E-state index is 0.0568. The predicted octanol–water partition coefficient (Wildman–Crippen LogP) is 1.85. The highest BCUT2D eigenvalue weighted by Gasteiger charge is 2.29. The van der Waals surface area contributed by atoms with Gasteiger partial charge in [0.05, 0.1) is 11.4 Å². The van der Waals surface area contributed by atoms with Crippen molar-refractivity contribution in [2.45, 2.75) is 44.9 Å². The van der Waals surface area contributed by atoms with E-state index in [1.807, 2.05) is 17.0 Å². The summed E-state index contributed by atoms with van der Waals surface area (Å²) in [7, 11) is 4.16. The smallest absolute Gasteiger partial charge is 0.272 e. The molecule has 1 fully saturated rings. The second-order valence-electron chi connectivity index (χ2n) is 8.15. The van der Waals surface area contributed by atoms with Crippen LogP contribution in [0.25, 0.3) is 0 Å². The van der Waals surface area contributed by atoms with Gasteiger partial charge < -0.3 is 9.80 Å². The first kappa shape index (κ1) is 19.1. The first-order chi connectivity index (χ1) is 13.6. The Morgan fingerprint density at radius 3 is 2.71 bits per heavy atom. The van der Waals surface area contributed by atoms with E-state index in [-0.39, 0.29) is 5.91 Å². The molecule has 0 aromatic carbocycles. The maximum Gasteiger partial charge on any atom is 0.272 e. The number of aryl methyl sites for hydroxylation is 1. The quantitative estimate of drug-likeness (QED) is 0.808. The SMILES string of the molecule is CN(C)Cc1cc2n(n1)CCCN(C1CCN(C(=O)c3ccccn3)CC1)C2. The molecule has 0 spiro atoms. The highest BCUT2D eigenvalue weighted by atomic mass is 16.2. The summed E-state index contributed by atoms with van der Waals surface area (Å²) < 4.78 is 2.19. The Morgan fingerprint density at radius 1 is 1.18 bits per heavy atom. The molecule has 0 atom stereocenters. The van der Waals surface area contributed by atoms with Gasteiger partial charge in [-0.15, -0.1) is 0 Å². The van der Waals surface area contributed by atoms with Crippen LogP contribution in [0, 0.1) is 0 Å². The number of amides is 1. The molecule has 28 heavy (non-hydrogen) atoms. The number of carbonyl (C=O) groups excluding carboxylic acids is 1. The molecule has 2 aromatic rings. The maximum absolute atomic E-state index is 12.6. The van der Waals surface area contributed by atoms with Gasteiger partial charge in [-0.25, -0.2) is 0 Å². The Labute approximate surface area is 166 Å². The summed E-state index contributed by atoms with van der Waals surface area (Å²) in [6, 6.07) is 8.31. The molecule has 4 rings (SSSR count). The third-order valence-corrected chi connectivity index (χ3v) is 5.72. The van der Waals surface area contributed by atoms with Crippen LogP contribution < -0.4 is 0 Å². The topological polar surface area (TPSA) is 57.5 Å². The van der Waals surface area contributed by atoms with Gasteiger partial charge in [-0.2, -0.15) is 5.10 Å². The summed E-state index contributed by atoms with van der Waals surface area (Å²) in [5.41, 5.74) is 3.02. The number of fused-ring (bicyclic) bond motifs is 1. The Morgan fingerprint density at radius 2 is 2.00 bits per heavy atom. The summed E-state index contributed by atoms with van der Waals surface area (Å²) in [5, 5.41) is 4.79. The zero-order valence-corrected chi connectivity index (χ0v) is 16.9. The van der Waals surface area contributed by atoms with E-state index in [2.05, 4.69) is 39.6 Å². The highest BCUT2D eigenvalue weighted by molar-refractivity contribution is 5.92. The van der Waals surface area contributed by atoms with E-state index in [0.717, 1.165) is 64.2 Å². The molecule has 0 aliphatic carbocycles. The second kappa shape index (κ2) is 8.41. The van der Waals surface area contributed by atoms with Crippen LogP contribution in [-0.2, 0) is 19.6 Å². The van der Waals surface area contributed by atoms with Gasteiger partial charge in [-0.3, -0.25) is 19.4 Å². The molecule has 0 saturated carbocycles. The van der Waals surface area contributed by atoms with Crippen LogP contribution in [0.3, 0.4) is 0 Å². The normalized spacial score (nSPS) is 18.9. The van der Waals surface area contributed by atoms with Crippen molar-refractivity contribution < 1.29 is 4.79 Å². The van der Waals surface area contributed by atoms with Crippen LogP contribution in [0.2, 0.25) is 0 Å². The summed E-state index contributed by atoms with van der Waals surface area (Å²) in [5.74, 6) is 0.0568. The number of likely N-dealkylation sites (tertiary alicyclic amines) is 1. The lowest BCUT2D eigenvalue weighted by molar-refractivity contribution is 0.0604. The molecule has 0 radical (unpaired) electrons. The largest absolute Gasteiger partial charge is 0.337 e. The monoisotopic (exact) mass is 382 g/mol. The predicted molar refractivity (Wildman–Crippen MR) is 108 cm³/mol. The average Bonchev–Trinajstić information content (AvgIpc) is 2.96. The van der Waals surface area contributed by atoms with E-state index < -0.39 is 0 Å². The van der Waals surface area contributed by atoms with E-state index in [1.54, 1.807) is 12.3 Å². The molecule has 150 valence electrons. The van der Waals surface area contributed by atoms with Gasteiger partial charge in [-0.1, -0.05) is 6.07 Å². The number of nitrogens with zero attached hydrogens (tertiary/aromatic N) is 6. The Kier molecular flexibility index (Phi) is 5.73. The summed E-state index contributed by atoms with van der Waals surface area (Å²) >= 11 is 0. The Hall–Kier alpha value is -2.25. The van der Waals surface area contributed by atoms with Gasteiger partial charge in [-0.05, 0) is 51.6 Å². The van der Waals surface area contributed by atoms with Crippen molar-refractivity contribution >= 4 is 5.91 Å². The fourth-order valence-electron chi connectivity index (χ4n) is 4.34. The van der Waals surface area contributed by atoms with Crippen LogP contribution in [0.5, 0.6) is 0 Å². The zero-order chi connectivity index (χ0) is 19.5. The van der Waals surface area contributed by atoms with Crippen molar-refractivity contribution in [3.8, 4) is 0 Å². The maximum atomic E-state index is 12.6. The molecular formula is C21H30N6O. The van der Waals surface area contributed by atoms with Crippen molar-refractivity contribution in [1.29, 1.82) is 0 Å². The third kappa shape index (κ3) is 4.25. The lowest BCUT2D eigenvalue weighted by Crippen LogP contribution is -2.46. The standard InChI is InChI=1S/C21H30N6O/c1-24(2)15-17-14-19-16-26(10-5-11-27(19)23-17)18-7-12-25(13-8-18)21(28)20-6-3-4-9-22-20/h3-4,6,9,14,18H,5,7-8,10-13,15-16H2,1-2H3. The first-order valence-electron chi connectivity index (χ1n) is 10.2. The molecule has 7 heteroatoms. The summed E-state index contributed by atoms with van der Waals surface area (Å²) in [6.45, 7) is 5.55. The van der Waals surface area contributed by atoms with E-state index in [1.165, 1.54) is 5.69 Å². The fourth-order valence-corrected chi connectivity index (χ4v) is 4.34. The molecule has 4 heterocycles. The van der Waals surface area contributed by atoms with E-state index in [0.29, 0.717) is 11.7 Å². The van der Waals surface area contributed by atoms with E-state index in [4.69, 9.17) is 5.10 Å². The van der Waals surface area contributed by atoms with Gasteiger partial charge in [0.25, 0.3) is 5.91 Å². The van der Waals surface area contributed by atoms with E-state index >= 15 is 0 Å². The Balaban J connectivity index is 1.37. The molecule has 2 aliphatic heterocycles. The van der Waals surface area contributed by atoms with Gasteiger partial charge in [0.15, 0.2) is 0 Å². The van der Waals surface area contributed by atoms with Crippen LogP contribution in [0.1, 0.15) is 41.1 Å². The number of rotatable bonds is 4. The molecule has 0 N–H and O–H groups in total. The number of carbonyl (C=O) groups is 1. The van der Waals surface area contributed by atoms with Crippen molar-refractivity contribution in [2.75, 3.05) is 33.7 Å². The van der Waals surface area contributed by atoms with Crippen LogP contribution in [-0.4, -0.2) is 75.1 Å². The van der Waals surface area contributed by atoms with E-state index in [9.17, 15) is 4.79 Å². The van der Waals surface area contributed by atoms with Crippen molar-refractivity contribution in [3.63, 3.8) is 0 Å².